The van der Waals surface area contributed by atoms with Crippen molar-refractivity contribution >= 4 is 23.2 Å². The van der Waals surface area contributed by atoms with Crippen molar-refractivity contribution in [2.75, 3.05) is 13.1 Å². The number of piperidine rings is 1. The fraction of sp³-hybridized carbons (Fsp3) is 0.500. The molecule has 1 fully saturated rings. The number of rotatable bonds is 4. The summed E-state index contributed by atoms with van der Waals surface area (Å²) in [6, 6.07) is 5.89. The van der Waals surface area contributed by atoms with Gasteiger partial charge in [-0.25, -0.2) is 0 Å². The molecule has 2 rings (SSSR count). The number of likely N-dealkylation sites (tertiary alicyclic amines) is 1. The fourth-order valence-electron chi connectivity index (χ4n) is 2.30. The van der Waals surface area contributed by atoms with Crippen molar-refractivity contribution in [3.63, 3.8) is 0 Å². The minimum atomic E-state index is -0.115. The van der Waals surface area contributed by atoms with Crippen LogP contribution in [0.25, 0.3) is 0 Å². The Labute approximate surface area is 122 Å². The number of hydrogen-bond acceptors (Lipinski definition) is 4. The summed E-state index contributed by atoms with van der Waals surface area (Å²) < 4.78 is 0. The summed E-state index contributed by atoms with van der Waals surface area (Å²) in [5.41, 5.74) is 0. The molecular formula is C14H17N3O2S. The molecule has 2 amide bonds. The lowest BCUT2D eigenvalue weighted by Gasteiger charge is -2.32. The highest BCUT2D eigenvalue weighted by atomic mass is 32.1. The molecule has 1 aromatic heterocycles. The lowest BCUT2D eigenvalue weighted by atomic mass is 10.0. The molecule has 6 heteroatoms. The quantitative estimate of drug-likeness (QED) is 0.909. The largest absolute Gasteiger partial charge is 0.353 e. The molecule has 0 atom stereocenters. The molecule has 1 aliphatic rings. The minimum Gasteiger partial charge on any atom is -0.353 e. The van der Waals surface area contributed by atoms with Crippen LogP contribution < -0.4 is 5.32 Å². The number of nitrogens with one attached hydrogen (secondary N) is 1. The van der Waals surface area contributed by atoms with Crippen molar-refractivity contribution in [1.82, 2.24) is 10.2 Å². The van der Waals surface area contributed by atoms with Crippen LogP contribution in [0.4, 0.5) is 0 Å². The van der Waals surface area contributed by atoms with Crippen LogP contribution in [-0.4, -0.2) is 35.8 Å². The smallest absolute Gasteiger partial charge is 0.236 e. The second-order valence-corrected chi connectivity index (χ2v) is 5.85. The van der Waals surface area contributed by atoms with Gasteiger partial charge in [0.1, 0.15) is 6.42 Å². The van der Waals surface area contributed by atoms with Gasteiger partial charge in [0.25, 0.3) is 0 Å². The zero-order valence-corrected chi connectivity index (χ0v) is 12.0. The monoisotopic (exact) mass is 291 g/mol. The van der Waals surface area contributed by atoms with Crippen LogP contribution in [0.5, 0.6) is 0 Å². The van der Waals surface area contributed by atoms with E-state index in [2.05, 4.69) is 5.32 Å². The maximum absolute atomic E-state index is 11.9. The Hall–Kier alpha value is -1.87. The molecule has 106 valence electrons. The number of carbonyl (C=O) groups is 2. The predicted molar refractivity (Wildman–Crippen MR) is 76.0 cm³/mol. The number of amides is 2. The standard InChI is InChI=1S/C14H17N3O2S/c15-6-3-14(19)17-7-4-11(5-8-17)16-13(18)10-12-2-1-9-20-12/h1-2,9,11H,3-5,7-8,10H2,(H,16,18). The first-order valence-electron chi connectivity index (χ1n) is 6.65. The van der Waals surface area contributed by atoms with Gasteiger partial charge in [-0.2, -0.15) is 5.26 Å². The van der Waals surface area contributed by atoms with Crippen molar-refractivity contribution in [1.29, 1.82) is 5.26 Å². The summed E-state index contributed by atoms with van der Waals surface area (Å²) in [7, 11) is 0. The van der Waals surface area contributed by atoms with E-state index in [0.717, 1.165) is 17.7 Å². The molecule has 0 bridgehead atoms. The van der Waals surface area contributed by atoms with Gasteiger partial charge in [-0.3, -0.25) is 9.59 Å². The van der Waals surface area contributed by atoms with Gasteiger partial charge >= 0.3 is 0 Å². The van der Waals surface area contributed by atoms with E-state index in [-0.39, 0.29) is 24.3 Å². The Balaban J connectivity index is 1.73. The van der Waals surface area contributed by atoms with Crippen LogP contribution in [0.3, 0.4) is 0 Å². The lowest BCUT2D eigenvalue weighted by Crippen LogP contribution is -2.46. The van der Waals surface area contributed by atoms with Gasteiger partial charge < -0.3 is 10.2 Å². The molecule has 1 aromatic rings. The second kappa shape index (κ2) is 7.06. The van der Waals surface area contributed by atoms with Crippen molar-refractivity contribution in [3.05, 3.63) is 22.4 Å². The van der Waals surface area contributed by atoms with Crippen LogP contribution in [-0.2, 0) is 16.0 Å². The topological polar surface area (TPSA) is 73.2 Å². The molecule has 20 heavy (non-hydrogen) atoms. The summed E-state index contributed by atoms with van der Waals surface area (Å²) in [5.74, 6) is -0.0786. The van der Waals surface area contributed by atoms with Gasteiger partial charge in [-0.05, 0) is 24.3 Å². The molecule has 0 saturated carbocycles. The highest BCUT2D eigenvalue weighted by Gasteiger charge is 2.23. The molecule has 5 nitrogen and oxygen atoms in total. The van der Waals surface area contributed by atoms with E-state index in [1.165, 1.54) is 0 Å². The molecule has 2 heterocycles. The third kappa shape index (κ3) is 4.07. The first-order valence-corrected chi connectivity index (χ1v) is 7.53. The summed E-state index contributed by atoms with van der Waals surface area (Å²) >= 11 is 1.58. The molecule has 0 spiro atoms. The highest BCUT2D eigenvalue weighted by Crippen LogP contribution is 2.13. The molecular weight excluding hydrogens is 274 g/mol. The molecule has 1 N–H and O–H groups in total. The van der Waals surface area contributed by atoms with E-state index in [0.29, 0.717) is 19.5 Å². The average molecular weight is 291 g/mol. The minimum absolute atomic E-state index is 0.0363. The van der Waals surface area contributed by atoms with Crippen LogP contribution in [0.15, 0.2) is 17.5 Å². The molecule has 0 unspecified atom stereocenters. The Morgan fingerprint density at radius 1 is 1.45 bits per heavy atom. The molecule has 0 aromatic carbocycles. The Morgan fingerprint density at radius 2 is 2.20 bits per heavy atom. The predicted octanol–water partition coefficient (Wildman–Crippen LogP) is 1.31. The molecule has 1 aliphatic heterocycles. The van der Waals surface area contributed by atoms with Crippen LogP contribution in [0, 0.1) is 11.3 Å². The van der Waals surface area contributed by atoms with E-state index >= 15 is 0 Å². The normalized spacial score (nSPS) is 15.7. The van der Waals surface area contributed by atoms with E-state index in [1.54, 1.807) is 16.2 Å². The van der Waals surface area contributed by atoms with Gasteiger partial charge in [-0.1, -0.05) is 6.07 Å². The third-order valence-corrected chi connectivity index (χ3v) is 4.23. The summed E-state index contributed by atoms with van der Waals surface area (Å²) in [6.45, 7) is 1.23. The Kier molecular flexibility index (Phi) is 5.13. The molecule has 1 saturated heterocycles. The lowest BCUT2D eigenvalue weighted by molar-refractivity contribution is -0.131. The number of thiophene rings is 1. The highest BCUT2D eigenvalue weighted by molar-refractivity contribution is 7.10. The first kappa shape index (κ1) is 14.5. The average Bonchev–Trinajstić information content (AvgIpc) is 2.92. The maximum atomic E-state index is 11.9. The van der Waals surface area contributed by atoms with Gasteiger partial charge in [0.05, 0.1) is 12.5 Å². The third-order valence-electron chi connectivity index (χ3n) is 3.36. The fourth-order valence-corrected chi connectivity index (χ4v) is 3.01. The SMILES string of the molecule is N#CCC(=O)N1CCC(NC(=O)Cc2cccs2)CC1. The number of nitriles is 1. The Bertz CT molecular complexity index is 499. The number of hydrogen-bond donors (Lipinski definition) is 1. The van der Waals surface area contributed by atoms with Gasteiger partial charge in [-0.15, -0.1) is 11.3 Å². The van der Waals surface area contributed by atoms with Crippen LogP contribution in [0.2, 0.25) is 0 Å². The second-order valence-electron chi connectivity index (χ2n) is 4.81. The van der Waals surface area contributed by atoms with Gasteiger partial charge in [0.2, 0.25) is 11.8 Å². The van der Waals surface area contributed by atoms with Crippen molar-refractivity contribution < 1.29 is 9.59 Å². The maximum Gasteiger partial charge on any atom is 0.236 e. The Morgan fingerprint density at radius 3 is 2.80 bits per heavy atom. The molecule has 0 aliphatic carbocycles. The van der Waals surface area contributed by atoms with Crippen LogP contribution >= 0.6 is 11.3 Å². The van der Waals surface area contributed by atoms with E-state index < -0.39 is 0 Å². The zero-order valence-electron chi connectivity index (χ0n) is 11.2. The van der Waals surface area contributed by atoms with Gasteiger partial charge in [0.15, 0.2) is 0 Å². The van der Waals surface area contributed by atoms with Crippen molar-refractivity contribution in [3.8, 4) is 6.07 Å². The van der Waals surface area contributed by atoms with Crippen LogP contribution in [0.1, 0.15) is 24.1 Å². The first-order chi connectivity index (χ1) is 9.69. The van der Waals surface area contributed by atoms with Gasteiger partial charge in [0, 0.05) is 24.0 Å². The molecule has 0 radical (unpaired) electrons. The number of carbonyl (C=O) groups excluding carboxylic acids is 2. The zero-order chi connectivity index (χ0) is 14.4. The van der Waals surface area contributed by atoms with Crippen molar-refractivity contribution in [2.24, 2.45) is 0 Å². The summed E-state index contributed by atoms with van der Waals surface area (Å²) in [5, 5.41) is 13.5. The number of nitrogens with zero attached hydrogens (tertiary/aromatic N) is 2. The van der Waals surface area contributed by atoms with E-state index in [4.69, 9.17) is 5.26 Å². The summed E-state index contributed by atoms with van der Waals surface area (Å²) in [4.78, 5) is 26.2. The summed E-state index contributed by atoms with van der Waals surface area (Å²) in [6.07, 6.45) is 1.88. The van der Waals surface area contributed by atoms with Crippen molar-refractivity contribution in [2.45, 2.75) is 31.7 Å². The van der Waals surface area contributed by atoms with E-state index in [1.807, 2.05) is 23.6 Å². The van der Waals surface area contributed by atoms with E-state index in [9.17, 15) is 9.59 Å².